The highest BCUT2D eigenvalue weighted by molar-refractivity contribution is 4.83. The maximum Gasteiger partial charge on any atom is 0.0521 e. The third kappa shape index (κ3) is 3.65. The van der Waals surface area contributed by atoms with Gasteiger partial charge < -0.3 is 15.4 Å². The summed E-state index contributed by atoms with van der Waals surface area (Å²) in [5, 5.41) is 0. The maximum atomic E-state index is 6.19. The Bertz CT molecular complexity index is 237. The van der Waals surface area contributed by atoms with Crippen LogP contribution in [0, 0.1) is 5.92 Å². The van der Waals surface area contributed by atoms with E-state index in [9.17, 15) is 0 Å². The van der Waals surface area contributed by atoms with E-state index in [1.165, 1.54) is 26.1 Å². The molecule has 2 heterocycles. The molecule has 0 aliphatic carbocycles. The molecule has 2 N–H and O–H groups in total. The van der Waals surface area contributed by atoms with Crippen molar-refractivity contribution in [3.63, 3.8) is 0 Å². The van der Waals surface area contributed by atoms with Crippen LogP contribution in [-0.4, -0.2) is 68.3 Å². The first-order valence-electron chi connectivity index (χ1n) is 6.92. The van der Waals surface area contributed by atoms with Crippen LogP contribution in [0.25, 0.3) is 0 Å². The zero-order chi connectivity index (χ0) is 12.3. The molecule has 2 saturated heterocycles. The smallest absolute Gasteiger partial charge is 0.0521 e. The summed E-state index contributed by atoms with van der Waals surface area (Å²) in [5.41, 5.74) is 6.19. The number of hydrogen-bond donors (Lipinski definition) is 1. The van der Waals surface area contributed by atoms with Gasteiger partial charge >= 0.3 is 0 Å². The van der Waals surface area contributed by atoms with Crippen LogP contribution in [0.2, 0.25) is 0 Å². The fourth-order valence-corrected chi connectivity index (χ4v) is 3.00. The average Bonchev–Trinajstić information content (AvgIpc) is 2.44. The van der Waals surface area contributed by atoms with Crippen LogP contribution in [0.15, 0.2) is 0 Å². The average molecular weight is 241 g/mol. The number of nitrogens with two attached hydrogens (primary N) is 1. The fourth-order valence-electron chi connectivity index (χ4n) is 3.00. The molecule has 0 aromatic heterocycles. The Labute approximate surface area is 105 Å². The topological polar surface area (TPSA) is 41.7 Å². The minimum Gasteiger partial charge on any atom is -0.381 e. The van der Waals surface area contributed by atoms with Gasteiger partial charge in [0, 0.05) is 37.7 Å². The third-order valence-electron chi connectivity index (χ3n) is 4.19. The summed E-state index contributed by atoms with van der Waals surface area (Å²) in [4.78, 5) is 5.03. The van der Waals surface area contributed by atoms with E-state index in [2.05, 4.69) is 23.8 Å². The monoisotopic (exact) mass is 241 g/mol. The first-order chi connectivity index (χ1) is 8.16. The molecule has 0 aromatic carbocycles. The quantitative estimate of drug-likeness (QED) is 0.759. The summed E-state index contributed by atoms with van der Waals surface area (Å²) in [6.07, 6.45) is 2.29. The Morgan fingerprint density at radius 1 is 1.35 bits per heavy atom. The number of likely N-dealkylation sites (N-methyl/N-ethyl adjacent to an activating group) is 1. The largest absolute Gasteiger partial charge is 0.381 e. The highest BCUT2D eigenvalue weighted by atomic mass is 16.5. The SMILES string of the molecule is CC1CN(C)CCCN1CC1COCCC1N. The summed E-state index contributed by atoms with van der Waals surface area (Å²) in [5.74, 6) is 0.523. The van der Waals surface area contributed by atoms with Crippen LogP contribution in [0.4, 0.5) is 0 Å². The molecule has 0 saturated carbocycles. The predicted molar refractivity (Wildman–Crippen MR) is 70.1 cm³/mol. The highest BCUT2D eigenvalue weighted by Gasteiger charge is 2.27. The second-order valence-electron chi connectivity index (χ2n) is 5.75. The van der Waals surface area contributed by atoms with Crippen LogP contribution in [0.5, 0.6) is 0 Å². The van der Waals surface area contributed by atoms with Crippen molar-refractivity contribution in [3.05, 3.63) is 0 Å². The van der Waals surface area contributed by atoms with E-state index in [-0.39, 0.29) is 0 Å². The molecule has 4 nitrogen and oxygen atoms in total. The summed E-state index contributed by atoms with van der Waals surface area (Å²) in [7, 11) is 2.22. The van der Waals surface area contributed by atoms with E-state index < -0.39 is 0 Å². The molecule has 2 rings (SSSR count). The molecule has 0 aromatic rings. The van der Waals surface area contributed by atoms with Gasteiger partial charge in [0.2, 0.25) is 0 Å². The summed E-state index contributed by atoms with van der Waals surface area (Å²) in [6, 6.07) is 0.966. The summed E-state index contributed by atoms with van der Waals surface area (Å²) < 4.78 is 5.56. The van der Waals surface area contributed by atoms with Crippen molar-refractivity contribution < 1.29 is 4.74 Å². The lowest BCUT2D eigenvalue weighted by atomic mass is 9.95. The van der Waals surface area contributed by atoms with E-state index in [0.29, 0.717) is 18.0 Å². The normalized spacial score (nSPS) is 37.9. The van der Waals surface area contributed by atoms with Gasteiger partial charge in [0.1, 0.15) is 0 Å². The first kappa shape index (κ1) is 13.3. The molecule has 0 radical (unpaired) electrons. The minimum absolute atomic E-state index is 0.330. The van der Waals surface area contributed by atoms with Crippen molar-refractivity contribution in [1.29, 1.82) is 0 Å². The number of hydrogen-bond acceptors (Lipinski definition) is 4. The second kappa shape index (κ2) is 6.14. The number of ether oxygens (including phenoxy) is 1. The van der Waals surface area contributed by atoms with E-state index in [4.69, 9.17) is 10.5 Å². The van der Waals surface area contributed by atoms with Crippen LogP contribution in [0.3, 0.4) is 0 Å². The van der Waals surface area contributed by atoms with Crippen molar-refractivity contribution >= 4 is 0 Å². The maximum absolute atomic E-state index is 6.19. The first-order valence-corrected chi connectivity index (χ1v) is 6.92. The van der Waals surface area contributed by atoms with E-state index >= 15 is 0 Å². The van der Waals surface area contributed by atoms with Crippen LogP contribution >= 0.6 is 0 Å². The Morgan fingerprint density at radius 2 is 2.18 bits per heavy atom. The van der Waals surface area contributed by atoms with Crippen LogP contribution < -0.4 is 5.73 Å². The van der Waals surface area contributed by atoms with Gasteiger partial charge in [0.15, 0.2) is 0 Å². The van der Waals surface area contributed by atoms with Gasteiger partial charge in [0.25, 0.3) is 0 Å². The van der Waals surface area contributed by atoms with E-state index in [1.54, 1.807) is 0 Å². The molecule has 2 fully saturated rings. The van der Waals surface area contributed by atoms with Crippen LogP contribution in [-0.2, 0) is 4.74 Å². The lowest BCUT2D eigenvalue weighted by Gasteiger charge is -2.35. The molecule has 0 amide bonds. The molecular formula is C13H27N3O. The van der Waals surface area contributed by atoms with Gasteiger partial charge in [-0.05, 0) is 39.9 Å². The van der Waals surface area contributed by atoms with Crippen LogP contribution in [0.1, 0.15) is 19.8 Å². The molecule has 2 aliphatic heterocycles. The zero-order valence-electron chi connectivity index (χ0n) is 11.3. The van der Waals surface area contributed by atoms with E-state index in [0.717, 1.165) is 26.2 Å². The standard InChI is InChI=1S/C13H27N3O/c1-11-8-15(2)5-3-6-16(11)9-12-10-17-7-4-13(12)14/h11-13H,3-10,14H2,1-2H3. The van der Waals surface area contributed by atoms with Gasteiger partial charge in [-0.3, -0.25) is 4.90 Å². The summed E-state index contributed by atoms with van der Waals surface area (Å²) >= 11 is 0. The molecule has 3 unspecified atom stereocenters. The predicted octanol–water partition coefficient (Wildman–Crippen LogP) is 0.376. The molecule has 0 spiro atoms. The third-order valence-corrected chi connectivity index (χ3v) is 4.19. The van der Waals surface area contributed by atoms with Crippen molar-refractivity contribution in [1.82, 2.24) is 9.80 Å². The highest BCUT2D eigenvalue weighted by Crippen LogP contribution is 2.17. The Morgan fingerprint density at radius 3 is 2.94 bits per heavy atom. The molecule has 4 heteroatoms. The van der Waals surface area contributed by atoms with Gasteiger partial charge in [-0.15, -0.1) is 0 Å². The number of rotatable bonds is 2. The van der Waals surface area contributed by atoms with Gasteiger partial charge in [-0.2, -0.15) is 0 Å². The minimum atomic E-state index is 0.330. The molecule has 17 heavy (non-hydrogen) atoms. The van der Waals surface area contributed by atoms with Gasteiger partial charge in [0.05, 0.1) is 6.61 Å². The lowest BCUT2D eigenvalue weighted by molar-refractivity contribution is 0.0208. The molecule has 2 aliphatic rings. The van der Waals surface area contributed by atoms with Gasteiger partial charge in [-0.25, -0.2) is 0 Å². The second-order valence-corrected chi connectivity index (χ2v) is 5.75. The Hall–Kier alpha value is -0.160. The van der Waals surface area contributed by atoms with Crippen molar-refractivity contribution in [2.75, 3.05) is 46.4 Å². The van der Waals surface area contributed by atoms with E-state index in [1.807, 2.05) is 0 Å². The lowest BCUT2D eigenvalue weighted by Crippen LogP contribution is -2.48. The Balaban J connectivity index is 1.87. The fraction of sp³-hybridized carbons (Fsp3) is 1.00. The van der Waals surface area contributed by atoms with Crippen molar-refractivity contribution in [2.24, 2.45) is 11.7 Å². The molecule has 100 valence electrons. The molecule has 3 atom stereocenters. The van der Waals surface area contributed by atoms with Gasteiger partial charge in [-0.1, -0.05) is 0 Å². The van der Waals surface area contributed by atoms with Crippen molar-refractivity contribution in [3.8, 4) is 0 Å². The Kier molecular flexibility index (Phi) is 4.79. The summed E-state index contributed by atoms with van der Waals surface area (Å²) in [6.45, 7) is 8.72. The van der Waals surface area contributed by atoms with Crippen molar-refractivity contribution in [2.45, 2.75) is 31.8 Å². The number of nitrogens with zero attached hydrogens (tertiary/aromatic N) is 2. The zero-order valence-corrected chi connectivity index (χ0v) is 11.3. The molecular weight excluding hydrogens is 214 g/mol. The molecule has 0 bridgehead atoms.